The lowest BCUT2D eigenvalue weighted by molar-refractivity contribution is -0.384. The van der Waals surface area contributed by atoms with E-state index in [0.29, 0.717) is 23.7 Å². The second-order valence-electron chi connectivity index (χ2n) is 5.28. The first-order valence-electron chi connectivity index (χ1n) is 6.72. The lowest BCUT2D eigenvalue weighted by Gasteiger charge is -2.39. The van der Waals surface area contributed by atoms with Gasteiger partial charge in [0.2, 0.25) is 0 Å². The van der Waals surface area contributed by atoms with Crippen molar-refractivity contribution in [1.29, 1.82) is 5.26 Å². The van der Waals surface area contributed by atoms with E-state index in [4.69, 9.17) is 11.0 Å². The zero-order valence-corrected chi connectivity index (χ0v) is 11.5. The normalized spacial score (nSPS) is 22.4. The third kappa shape index (κ3) is 2.73. The first-order valence-corrected chi connectivity index (χ1v) is 6.72. The predicted octanol–water partition coefficient (Wildman–Crippen LogP) is 2.03. The Labute approximate surface area is 117 Å². The first kappa shape index (κ1) is 14.3. The number of nitro benzene ring substituents is 1. The summed E-state index contributed by atoms with van der Waals surface area (Å²) in [4.78, 5) is 12.8. The molecule has 2 rings (SSSR count). The van der Waals surface area contributed by atoms with Crippen molar-refractivity contribution >= 4 is 11.4 Å². The predicted molar refractivity (Wildman–Crippen MR) is 76.4 cm³/mol. The summed E-state index contributed by atoms with van der Waals surface area (Å²) >= 11 is 0. The lowest BCUT2D eigenvalue weighted by atomic mass is 9.91. The highest BCUT2D eigenvalue weighted by atomic mass is 16.6. The van der Waals surface area contributed by atoms with E-state index in [1.54, 1.807) is 12.1 Å². The topological polar surface area (TPSA) is 96.2 Å². The van der Waals surface area contributed by atoms with Crippen LogP contribution in [0.15, 0.2) is 18.2 Å². The van der Waals surface area contributed by atoms with Crippen LogP contribution < -0.4 is 10.6 Å². The van der Waals surface area contributed by atoms with Crippen molar-refractivity contribution < 1.29 is 4.92 Å². The summed E-state index contributed by atoms with van der Waals surface area (Å²) < 4.78 is 0. The van der Waals surface area contributed by atoms with Gasteiger partial charge in [-0.25, -0.2) is 0 Å². The van der Waals surface area contributed by atoms with Crippen LogP contribution in [0, 0.1) is 27.4 Å². The molecule has 0 aliphatic carbocycles. The molecule has 1 aromatic rings. The van der Waals surface area contributed by atoms with Gasteiger partial charge in [0.1, 0.15) is 5.69 Å². The van der Waals surface area contributed by atoms with Gasteiger partial charge < -0.3 is 10.6 Å². The van der Waals surface area contributed by atoms with Gasteiger partial charge in [-0.2, -0.15) is 5.26 Å². The van der Waals surface area contributed by atoms with Gasteiger partial charge in [0, 0.05) is 25.2 Å². The van der Waals surface area contributed by atoms with Gasteiger partial charge >= 0.3 is 0 Å². The lowest BCUT2D eigenvalue weighted by Crippen LogP contribution is -2.46. The third-order valence-electron chi connectivity index (χ3n) is 3.86. The summed E-state index contributed by atoms with van der Waals surface area (Å²) in [6.07, 6.45) is 1.93. The molecule has 0 radical (unpaired) electrons. The first-order chi connectivity index (χ1) is 9.56. The number of nitrogens with zero attached hydrogens (tertiary/aromatic N) is 3. The number of benzene rings is 1. The van der Waals surface area contributed by atoms with Crippen molar-refractivity contribution in [3.63, 3.8) is 0 Å². The number of piperidine rings is 1. The largest absolute Gasteiger partial charge is 0.362 e. The van der Waals surface area contributed by atoms with Gasteiger partial charge in [0.05, 0.1) is 16.6 Å². The molecular formula is C14H18N4O2. The quantitative estimate of drug-likeness (QED) is 0.672. The Bertz CT molecular complexity index is 553. The van der Waals surface area contributed by atoms with Crippen molar-refractivity contribution in [2.75, 3.05) is 18.0 Å². The van der Waals surface area contributed by atoms with E-state index in [2.05, 4.69) is 6.92 Å². The van der Waals surface area contributed by atoms with Gasteiger partial charge in [-0.1, -0.05) is 6.92 Å². The number of rotatable bonds is 3. The summed E-state index contributed by atoms with van der Waals surface area (Å²) in [5.74, 6) is 0.581. The highest BCUT2D eigenvalue weighted by Gasteiger charge is 2.30. The molecule has 20 heavy (non-hydrogen) atoms. The van der Waals surface area contributed by atoms with Crippen LogP contribution >= 0.6 is 0 Å². The third-order valence-corrected chi connectivity index (χ3v) is 3.86. The molecule has 2 atom stereocenters. The smallest absolute Gasteiger partial charge is 0.293 e. The molecule has 0 aromatic heterocycles. The number of hydrogen-bond acceptors (Lipinski definition) is 5. The van der Waals surface area contributed by atoms with E-state index in [1.165, 1.54) is 6.07 Å². The molecule has 1 aromatic carbocycles. The van der Waals surface area contributed by atoms with E-state index >= 15 is 0 Å². The summed E-state index contributed by atoms with van der Waals surface area (Å²) in [7, 11) is 0. The molecule has 0 spiro atoms. The van der Waals surface area contributed by atoms with Crippen LogP contribution in [-0.2, 0) is 0 Å². The number of nitriles is 1. The number of nitrogens with two attached hydrogens (primary N) is 1. The van der Waals surface area contributed by atoms with Gasteiger partial charge in [-0.15, -0.1) is 0 Å². The number of hydrogen-bond donors (Lipinski definition) is 1. The van der Waals surface area contributed by atoms with Crippen molar-refractivity contribution in [2.24, 2.45) is 11.7 Å². The average Bonchev–Trinajstić information content (AvgIpc) is 2.46. The molecule has 2 unspecified atom stereocenters. The molecule has 0 amide bonds. The number of anilines is 1. The Morgan fingerprint density at radius 2 is 2.35 bits per heavy atom. The Hall–Kier alpha value is -2.13. The zero-order valence-electron chi connectivity index (χ0n) is 11.5. The SMILES string of the molecule is CC1CCN(c2ccc(C#N)cc2[N+](=O)[O-])C(CN)C1. The van der Waals surface area contributed by atoms with E-state index in [-0.39, 0.29) is 11.7 Å². The van der Waals surface area contributed by atoms with E-state index < -0.39 is 4.92 Å². The van der Waals surface area contributed by atoms with Gasteiger partial charge in [-0.05, 0) is 30.9 Å². The fourth-order valence-corrected chi connectivity index (χ4v) is 2.77. The monoisotopic (exact) mass is 274 g/mol. The van der Waals surface area contributed by atoms with Gasteiger partial charge in [0.15, 0.2) is 0 Å². The van der Waals surface area contributed by atoms with Gasteiger partial charge in [-0.3, -0.25) is 10.1 Å². The molecule has 1 heterocycles. The van der Waals surface area contributed by atoms with Crippen LogP contribution in [0.2, 0.25) is 0 Å². The van der Waals surface area contributed by atoms with E-state index in [9.17, 15) is 10.1 Å². The van der Waals surface area contributed by atoms with Crippen LogP contribution in [0.5, 0.6) is 0 Å². The van der Waals surface area contributed by atoms with Crippen molar-refractivity contribution in [3.8, 4) is 6.07 Å². The molecule has 2 N–H and O–H groups in total. The minimum Gasteiger partial charge on any atom is -0.362 e. The minimum absolute atomic E-state index is 0.0166. The second kappa shape index (κ2) is 5.88. The molecule has 1 fully saturated rings. The van der Waals surface area contributed by atoms with Crippen molar-refractivity contribution in [3.05, 3.63) is 33.9 Å². The highest BCUT2D eigenvalue weighted by molar-refractivity contribution is 5.66. The summed E-state index contributed by atoms with van der Waals surface area (Å²) in [5.41, 5.74) is 6.66. The molecule has 0 saturated carbocycles. The summed E-state index contributed by atoms with van der Waals surface area (Å²) in [6.45, 7) is 3.41. The molecule has 6 heteroatoms. The van der Waals surface area contributed by atoms with Crippen molar-refractivity contribution in [1.82, 2.24) is 0 Å². The Morgan fingerprint density at radius 3 is 2.95 bits per heavy atom. The van der Waals surface area contributed by atoms with Gasteiger partial charge in [0.25, 0.3) is 5.69 Å². The average molecular weight is 274 g/mol. The maximum absolute atomic E-state index is 11.2. The molecular weight excluding hydrogens is 256 g/mol. The standard InChI is InChI=1S/C14H18N4O2/c1-10-4-5-17(12(6-10)9-16)13-3-2-11(8-15)7-14(13)18(19)20/h2-3,7,10,12H,4-6,9,16H2,1H3. The van der Waals surface area contributed by atoms with Crippen LogP contribution in [0.1, 0.15) is 25.3 Å². The Balaban J connectivity index is 2.41. The maximum atomic E-state index is 11.2. The highest BCUT2D eigenvalue weighted by Crippen LogP contribution is 2.34. The van der Waals surface area contributed by atoms with E-state index in [1.807, 2.05) is 11.0 Å². The minimum atomic E-state index is -0.429. The molecule has 1 aliphatic heterocycles. The molecule has 106 valence electrons. The maximum Gasteiger partial charge on any atom is 0.293 e. The second-order valence-corrected chi connectivity index (χ2v) is 5.28. The molecule has 6 nitrogen and oxygen atoms in total. The zero-order chi connectivity index (χ0) is 14.7. The van der Waals surface area contributed by atoms with Crippen LogP contribution in [-0.4, -0.2) is 24.1 Å². The molecule has 0 bridgehead atoms. The molecule has 1 saturated heterocycles. The Morgan fingerprint density at radius 1 is 1.60 bits per heavy atom. The summed E-state index contributed by atoms with van der Waals surface area (Å²) in [5, 5.41) is 20.1. The van der Waals surface area contributed by atoms with Crippen LogP contribution in [0.4, 0.5) is 11.4 Å². The van der Waals surface area contributed by atoms with E-state index in [0.717, 1.165) is 19.4 Å². The summed E-state index contributed by atoms with van der Waals surface area (Å²) in [6, 6.07) is 6.67. The van der Waals surface area contributed by atoms with Crippen LogP contribution in [0.3, 0.4) is 0 Å². The number of nitro groups is 1. The fraction of sp³-hybridized carbons (Fsp3) is 0.500. The Kier molecular flexibility index (Phi) is 4.20. The molecule has 1 aliphatic rings. The fourth-order valence-electron chi connectivity index (χ4n) is 2.77. The van der Waals surface area contributed by atoms with Crippen LogP contribution in [0.25, 0.3) is 0 Å². The van der Waals surface area contributed by atoms with Crippen molar-refractivity contribution in [2.45, 2.75) is 25.8 Å².